The average molecular weight is 326 g/mol. The quantitative estimate of drug-likeness (QED) is 0.917. The highest BCUT2D eigenvalue weighted by molar-refractivity contribution is 9.10. The molecule has 19 heavy (non-hydrogen) atoms. The summed E-state index contributed by atoms with van der Waals surface area (Å²) in [6, 6.07) is 0. The largest absolute Gasteiger partial charge is 0.325 e. The first-order valence-electron chi connectivity index (χ1n) is 6.45. The lowest BCUT2D eigenvalue weighted by atomic mass is 10.3. The van der Waals surface area contributed by atoms with Gasteiger partial charge in [-0.2, -0.15) is 5.10 Å². The average Bonchev–Trinajstić information content (AvgIpc) is 2.86. The van der Waals surface area contributed by atoms with Crippen LogP contribution < -0.4 is 5.32 Å². The molecule has 0 amide bonds. The summed E-state index contributed by atoms with van der Waals surface area (Å²) in [4.78, 5) is 4.40. The highest BCUT2D eigenvalue weighted by Gasteiger charge is 2.15. The van der Waals surface area contributed by atoms with Gasteiger partial charge in [-0.05, 0) is 43.7 Å². The van der Waals surface area contributed by atoms with E-state index in [0.717, 1.165) is 35.6 Å². The number of imidazole rings is 1. The molecule has 2 aromatic heterocycles. The SMILES string of the molecule is CCn1nc(C)c(Br)c1Cn1c(CNC)cnc1C. The Morgan fingerprint density at radius 1 is 1.37 bits per heavy atom. The van der Waals surface area contributed by atoms with Gasteiger partial charge in [0.25, 0.3) is 0 Å². The number of nitrogens with zero attached hydrogens (tertiary/aromatic N) is 4. The number of halogens is 1. The van der Waals surface area contributed by atoms with E-state index in [0.29, 0.717) is 0 Å². The zero-order valence-corrected chi connectivity index (χ0v) is 13.5. The second-order valence-electron chi connectivity index (χ2n) is 4.58. The van der Waals surface area contributed by atoms with Gasteiger partial charge in [0, 0.05) is 19.3 Å². The molecule has 0 aromatic carbocycles. The molecule has 5 nitrogen and oxygen atoms in total. The molecule has 2 rings (SSSR count). The lowest BCUT2D eigenvalue weighted by molar-refractivity contribution is 0.579. The molecule has 104 valence electrons. The predicted molar refractivity (Wildman–Crippen MR) is 79.2 cm³/mol. The van der Waals surface area contributed by atoms with E-state index in [4.69, 9.17) is 0 Å². The molecule has 0 aliphatic rings. The molecule has 0 spiro atoms. The Kier molecular flexibility index (Phi) is 4.42. The first-order chi connectivity index (χ1) is 9.08. The van der Waals surface area contributed by atoms with Crippen molar-refractivity contribution < 1.29 is 0 Å². The third-order valence-electron chi connectivity index (χ3n) is 3.26. The standard InChI is InChI=1S/C13H20BrN5/c1-5-19-12(13(14)9(2)17-19)8-18-10(3)16-7-11(18)6-15-4/h7,15H,5-6,8H2,1-4H3. The van der Waals surface area contributed by atoms with Gasteiger partial charge in [-0.3, -0.25) is 4.68 Å². The Morgan fingerprint density at radius 2 is 2.11 bits per heavy atom. The van der Waals surface area contributed by atoms with E-state index in [1.807, 2.05) is 31.8 Å². The Hall–Kier alpha value is -1.14. The summed E-state index contributed by atoms with van der Waals surface area (Å²) in [6.45, 7) is 8.64. The van der Waals surface area contributed by atoms with Crippen molar-refractivity contribution in [1.82, 2.24) is 24.6 Å². The minimum atomic E-state index is 0.790. The van der Waals surface area contributed by atoms with Crippen LogP contribution in [0.1, 0.15) is 29.8 Å². The van der Waals surface area contributed by atoms with Crippen molar-refractivity contribution in [2.75, 3.05) is 7.05 Å². The summed E-state index contributed by atoms with van der Waals surface area (Å²) in [5.74, 6) is 1.03. The van der Waals surface area contributed by atoms with Gasteiger partial charge in [0.2, 0.25) is 0 Å². The summed E-state index contributed by atoms with van der Waals surface area (Å²) in [5.41, 5.74) is 3.41. The molecule has 6 heteroatoms. The molecule has 2 aromatic rings. The van der Waals surface area contributed by atoms with E-state index >= 15 is 0 Å². The van der Waals surface area contributed by atoms with E-state index in [9.17, 15) is 0 Å². The number of aromatic nitrogens is 4. The van der Waals surface area contributed by atoms with E-state index in [1.165, 1.54) is 11.4 Å². The number of hydrogen-bond acceptors (Lipinski definition) is 3. The lowest BCUT2D eigenvalue weighted by Crippen LogP contribution is -2.15. The summed E-state index contributed by atoms with van der Waals surface area (Å²) >= 11 is 3.64. The van der Waals surface area contributed by atoms with Crippen LogP contribution in [0, 0.1) is 13.8 Å². The van der Waals surface area contributed by atoms with Crippen molar-refractivity contribution in [1.29, 1.82) is 0 Å². The van der Waals surface area contributed by atoms with Crippen LogP contribution in [0.2, 0.25) is 0 Å². The van der Waals surface area contributed by atoms with Crippen molar-refractivity contribution in [2.45, 2.75) is 40.4 Å². The first-order valence-corrected chi connectivity index (χ1v) is 7.25. The van der Waals surface area contributed by atoms with Crippen LogP contribution in [0.4, 0.5) is 0 Å². The summed E-state index contributed by atoms with van der Waals surface area (Å²) in [5, 5.41) is 7.71. The van der Waals surface area contributed by atoms with Gasteiger partial charge in [-0.1, -0.05) is 0 Å². The molecule has 0 fully saturated rings. The van der Waals surface area contributed by atoms with Crippen molar-refractivity contribution in [2.24, 2.45) is 0 Å². The highest BCUT2D eigenvalue weighted by Crippen LogP contribution is 2.23. The molecule has 1 N–H and O–H groups in total. The van der Waals surface area contributed by atoms with E-state index < -0.39 is 0 Å². The van der Waals surface area contributed by atoms with E-state index in [1.54, 1.807) is 0 Å². The minimum Gasteiger partial charge on any atom is -0.325 e. The summed E-state index contributed by atoms with van der Waals surface area (Å²) < 4.78 is 5.36. The number of hydrogen-bond donors (Lipinski definition) is 1. The molecular weight excluding hydrogens is 306 g/mol. The molecule has 0 saturated carbocycles. The Labute approximate surface area is 122 Å². The highest BCUT2D eigenvalue weighted by atomic mass is 79.9. The first kappa shape index (κ1) is 14.3. The van der Waals surface area contributed by atoms with Crippen LogP contribution in [0.3, 0.4) is 0 Å². The third kappa shape index (κ3) is 2.74. The maximum atomic E-state index is 4.53. The van der Waals surface area contributed by atoms with E-state index in [2.05, 4.69) is 42.8 Å². The zero-order valence-electron chi connectivity index (χ0n) is 11.9. The molecule has 0 bridgehead atoms. The molecule has 0 radical (unpaired) electrons. The Balaban J connectivity index is 2.38. The van der Waals surface area contributed by atoms with Crippen LogP contribution >= 0.6 is 15.9 Å². The lowest BCUT2D eigenvalue weighted by Gasteiger charge is -2.12. The summed E-state index contributed by atoms with van der Waals surface area (Å²) in [6.07, 6.45) is 1.93. The summed E-state index contributed by atoms with van der Waals surface area (Å²) in [7, 11) is 1.95. The maximum absolute atomic E-state index is 4.53. The van der Waals surface area contributed by atoms with Gasteiger partial charge in [-0.15, -0.1) is 0 Å². The van der Waals surface area contributed by atoms with Crippen molar-refractivity contribution in [3.8, 4) is 0 Å². The topological polar surface area (TPSA) is 47.7 Å². The van der Waals surface area contributed by atoms with Crippen molar-refractivity contribution in [3.63, 3.8) is 0 Å². The third-order valence-corrected chi connectivity index (χ3v) is 4.29. The van der Waals surface area contributed by atoms with Crippen LogP contribution in [-0.2, 0) is 19.6 Å². The van der Waals surface area contributed by atoms with Gasteiger partial charge in [-0.25, -0.2) is 4.98 Å². The normalized spacial score (nSPS) is 11.2. The smallest absolute Gasteiger partial charge is 0.106 e. The van der Waals surface area contributed by atoms with Crippen LogP contribution in [0.25, 0.3) is 0 Å². The Bertz CT molecular complexity index is 570. The van der Waals surface area contributed by atoms with E-state index in [-0.39, 0.29) is 0 Å². The molecular formula is C13H20BrN5. The second kappa shape index (κ2) is 5.88. The monoisotopic (exact) mass is 325 g/mol. The zero-order chi connectivity index (χ0) is 14.0. The van der Waals surface area contributed by atoms with Crippen LogP contribution in [-0.4, -0.2) is 26.4 Å². The second-order valence-corrected chi connectivity index (χ2v) is 5.37. The maximum Gasteiger partial charge on any atom is 0.106 e. The fourth-order valence-electron chi connectivity index (χ4n) is 2.22. The van der Waals surface area contributed by atoms with Crippen LogP contribution in [0.15, 0.2) is 10.7 Å². The van der Waals surface area contributed by atoms with Gasteiger partial charge >= 0.3 is 0 Å². The van der Waals surface area contributed by atoms with Crippen molar-refractivity contribution in [3.05, 3.63) is 33.6 Å². The number of aryl methyl sites for hydroxylation is 3. The van der Waals surface area contributed by atoms with Gasteiger partial charge in [0.1, 0.15) is 5.82 Å². The number of nitrogens with one attached hydrogen (secondary N) is 1. The molecule has 0 saturated heterocycles. The van der Waals surface area contributed by atoms with Crippen LogP contribution in [0.5, 0.6) is 0 Å². The molecule has 0 aliphatic heterocycles. The molecule has 0 unspecified atom stereocenters. The molecule has 0 aliphatic carbocycles. The van der Waals surface area contributed by atoms with Crippen molar-refractivity contribution >= 4 is 15.9 Å². The molecule has 0 atom stereocenters. The van der Waals surface area contributed by atoms with Gasteiger partial charge < -0.3 is 9.88 Å². The minimum absolute atomic E-state index is 0.790. The fourth-order valence-corrected chi connectivity index (χ4v) is 2.63. The van der Waals surface area contributed by atoms with Gasteiger partial charge in [0.15, 0.2) is 0 Å². The Morgan fingerprint density at radius 3 is 2.74 bits per heavy atom. The fraction of sp³-hybridized carbons (Fsp3) is 0.538. The molecule has 2 heterocycles. The number of rotatable bonds is 5. The van der Waals surface area contributed by atoms with Gasteiger partial charge in [0.05, 0.1) is 28.1 Å². The predicted octanol–water partition coefficient (Wildman–Crippen LogP) is 2.25.